The molecule has 1 heterocycles. The first kappa shape index (κ1) is 16.4. The molecule has 0 fully saturated rings. The first-order chi connectivity index (χ1) is 11.7. The smallest absolute Gasteiger partial charge is 0.256 e. The number of benzene rings is 2. The third kappa shape index (κ3) is 4.29. The highest BCUT2D eigenvalue weighted by Gasteiger charge is 2.08. The third-order valence-corrected chi connectivity index (χ3v) is 4.11. The van der Waals surface area contributed by atoms with E-state index in [0.29, 0.717) is 24.0 Å². The van der Waals surface area contributed by atoms with Crippen molar-refractivity contribution in [3.05, 3.63) is 48.5 Å². The van der Waals surface area contributed by atoms with Gasteiger partial charge in [-0.2, -0.15) is 0 Å². The average Bonchev–Trinajstić information content (AvgIpc) is 2.99. The molecule has 24 heavy (non-hydrogen) atoms. The van der Waals surface area contributed by atoms with E-state index in [0.717, 1.165) is 22.5 Å². The number of nitrogens with zero attached hydrogens (tertiary/aromatic N) is 1. The molecule has 2 aromatic carbocycles. The largest absolute Gasteiger partial charge is 0.494 e. The minimum absolute atomic E-state index is 0.0391. The topological polar surface area (TPSA) is 64.4 Å². The van der Waals surface area contributed by atoms with Crippen LogP contribution < -0.4 is 10.1 Å². The highest BCUT2D eigenvalue weighted by atomic mass is 32.2. The number of hydrogen-bond donors (Lipinski definition) is 1. The summed E-state index contributed by atoms with van der Waals surface area (Å²) in [6, 6.07) is 15.0. The number of fused-ring (bicyclic) bond motifs is 1. The zero-order valence-electron chi connectivity index (χ0n) is 13.3. The van der Waals surface area contributed by atoms with Gasteiger partial charge in [0.05, 0.1) is 6.61 Å². The molecule has 5 nitrogen and oxygen atoms in total. The summed E-state index contributed by atoms with van der Waals surface area (Å²) in [5.74, 6) is 1.36. The van der Waals surface area contributed by atoms with Crippen LogP contribution in [0.15, 0.2) is 58.2 Å². The second-order valence-electron chi connectivity index (χ2n) is 5.05. The first-order valence-electron chi connectivity index (χ1n) is 7.75. The second kappa shape index (κ2) is 7.88. The molecule has 0 spiro atoms. The molecule has 0 saturated carbocycles. The average molecular weight is 342 g/mol. The van der Waals surface area contributed by atoms with Crippen molar-refractivity contribution in [2.24, 2.45) is 0 Å². The quantitative estimate of drug-likeness (QED) is 0.647. The molecule has 0 aliphatic carbocycles. The van der Waals surface area contributed by atoms with Crippen LogP contribution in [-0.2, 0) is 4.79 Å². The van der Waals surface area contributed by atoms with Crippen LogP contribution in [0.1, 0.15) is 13.3 Å². The van der Waals surface area contributed by atoms with Crippen LogP contribution in [0.2, 0.25) is 0 Å². The Hall–Kier alpha value is -2.47. The van der Waals surface area contributed by atoms with E-state index in [-0.39, 0.29) is 5.91 Å². The summed E-state index contributed by atoms with van der Waals surface area (Å²) < 4.78 is 11.0. The molecule has 0 unspecified atom stereocenters. The molecule has 124 valence electrons. The van der Waals surface area contributed by atoms with Crippen molar-refractivity contribution in [3.63, 3.8) is 0 Å². The van der Waals surface area contributed by atoms with Crippen molar-refractivity contribution >= 4 is 34.5 Å². The molecule has 1 aromatic heterocycles. The Labute approximate surface area is 144 Å². The van der Waals surface area contributed by atoms with Crippen LogP contribution in [-0.4, -0.2) is 23.3 Å². The Morgan fingerprint density at radius 3 is 2.75 bits per heavy atom. The molecule has 3 rings (SSSR count). The van der Waals surface area contributed by atoms with Crippen molar-refractivity contribution in [2.45, 2.75) is 18.6 Å². The van der Waals surface area contributed by atoms with Gasteiger partial charge in [-0.1, -0.05) is 23.9 Å². The van der Waals surface area contributed by atoms with Crippen molar-refractivity contribution in [1.82, 2.24) is 4.98 Å². The van der Waals surface area contributed by atoms with Crippen molar-refractivity contribution in [2.75, 3.05) is 17.7 Å². The summed E-state index contributed by atoms with van der Waals surface area (Å²) >= 11 is 1.44. The summed E-state index contributed by atoms with van der Waals surface area (Å²) in [6.45, 7) is 2.56. The maximum atomic E-state index is 12.0. The lowest BCUT2D eigenvalue weighted by molar-refractivity contribution is -0.115. The van der Waals surface area contributed by atoms with E-state index < -0.39 is 0 Å². The Kier molecular flexibility index (Phi) is 5.38. The summed E-state index contributed by atoms with van der Waals surface area (Å²) in [6.07, 6.45) is 0.386. The van der Waals surface area contributed by atoms with Crippen LogP contribution >= 0.6 is 11.8 Å². The zero-order chi connectivity index (χ0) is 16.8. The van der Waals surface area contributed by atoms with E-state index in [4.69, 9.17) is 9.15 Å². The molecule has 0 bridgehead atoms. The van der Waals surface area contributed by atoms with Crippen LogP contribution in [0, 0.1) is 0 Å². The number of para-hydroxylation sites is 2. The molecular formula is C18H18N2O3S. The Balaban J connectivity index is 1.46. The van der Waals surface area contributed by atoms with E-state index >= 15 is 0 Å². The third-order valence-electron chi connectivity index (χ3n) is 3.28. The Morgan fingerprint density at radius 1 is 1.21 bits per heavy atom. The van der Waals surface area contributed by atoms with Gasteiger partial charge in [-0.3, -0.25) is 4.79 Å². The van der Waals surface area contributed by atoms with Crippen LogP contribution in [0.5, 0.6) is 5.75 Å². The van der Waals surface area contributed by atoms with Crippen molar-refractivity contribution in [1.29, 1.82) is 0 Å². The van der Waals surface area contributed by atoms with Gasteiger partial charge in [0.1, 0.15) is 11.3 Å². The van der Waals surface area contributed by atoms with Gasteiger partial charge in [0.2, 0.25) is 5.91 Å². The summed E-state index contributed by atoms with van der Waals surface area (Å²) in [5, 5.41) is 3.45. The predicted molar refractivity (Wildman–Crippen MR) is 95.6 cm³/mol. The number of thioether (sulfide) groups is 1. The highest BCUT2D eigenvalue weighted by molar-refractivity contribution is 7.99. The SMILES string of the molecule is CCOc1ccc(NC(=O)CCSc2nc3ccccc3o2)cc1. The maximum absolute atomic E-state index is 12.0. The van der Waals surface area contributed by atoms with Gasteiger partial charge >= 0.3 is 0 Å². The van der Waals surface area contributed by atoms with Gasteiger partial charge in [-0.25, -0.2) is 4.98 Å². The number of nitrogens with one attached hydrogen (secondary N) is 1. The van der Waals surface area contributed by atoms with Crippen molar-refractivity contribution < 1.29 is 13.9 Å². The fraction of sp³-hybridized carbons (Fsp3) is 0.222. The molecule has 6 heteroatoms. The van der Waals surface area contributed by atoms with Crippen LogP contribution in [0.25, 0.3) is 11.1 Å². The number of carbonyl (C=O) groups is 1. The zero-order valence-corrected chi connectivity index (χ0v) is 14.1. The van der Waals surface area contributed by atoms with E-state index in [1.807, 2.05) is 55.5 Å². The molecule has 3 aromatic rings. The molecule has 0 aliphatic rings. The first-order valence-corrected chi connectivity index (χ1v) is 8.74. The van der Waals surface area contributed by atoms with Gasteiger partial charge in [0.25, 0.3) is 5.22 Å². The van der Waals surface area contributed by atoms with E-state index in [1.165, 1.54) is 11.8 Å². The van der Waals surface area contributed by atoms with Gasteiger partial charge in [0.15, 0.2) is 5.58 Å². The van der Waals surface area contributed by atoms with Gasteiger partial charge in [0, 0.05) is 17.9 Å². The lowest BCUT2D eigenvalue weighted by Crippen LogP contribution is -2.12. The standard InChI is InChI=1S/C18H18N2O3S/c1-2-22-14-9-7-13(8-10-14)19-17(21)11-12-24-18-20-15-5-3-4-6-16(15)23-18/h3-10H,2,11-12H2,1H3,(H,19,21). The number of anilines is 1. The van der Waals surface area contributed by atoms with E-state index in [2.05, 4.69) is 10.3 Å². The fourth-order valence-electron chi connectivity index (χ4n) is 2.17. The van der Waals surface area contributed by atoms with E-state index in [9.17, 15) is 4.79 Å². The minimum atomic E-state index is -0.0391. The number of hydrogen-bond acceptors (Lipinski definition) is 5. The van der Waals surface area contributed by atoms with Crippen molar-refractivity contribution in [3.8, 4) is 5.75 Å². The van der Waals surface area contributed by atoms with Crippen LogP contribution in [0.3, 0.4) is 0 Å². The van der Waals surface area contributed by atoms with Gasteiger partial charge in [-0.15, -0.1) is 0 Å². The Morgan fingerprint density at radius 2 is 2.00 bits per heavy atom. The molecule has 0 saturated heterocycles. The molecule has 1 amide bonds. The second-order valence-corrected chi connectivity index (χ2v) is 6.10. The summed E-state index contributed by atoms with van der Waals surface area (Å²) in [7, 11) is 0. The summed E-state index contributed by atoms with van der Waals surface area (Å²) in [5.41, 5.74) is 2.35. The monoisotopic (exact) mass is 342 g/mol. The number of aromatic nitrogens is 1. The predicted octanol–water partition coefficient (Wildman–Crippen LogP) is 4.35. The lowest BCUT2D eigenvalue weighted by Gasteiger charge is -2.06. The van der Waals surface area contributed by atoms with E-state index in [1.54, 1.807) is 0 Å². The number of amides is 1. The lowest BCUT2D eigenvalue weighted by atomic mass is 10.3. The van der Waals surface area contributed by atoms with Gasteiger partial charge in [-0.05, 0) is 43.3 Å². The number of carbonyl (C=O) groups excluding carboxylic acids is 1. The van der Waals surface area contributed by atoms with Crippen LogP contribution in [0.4, 0.5) is 5.69 Å². The minimum Gasteiger partial charge on any atom is -0.494 e. The summed E-state index contributed by atoms with van der Waals surface area (Å²) in [4.78, 5) is 16.4. The molecule has 0 radical (unpaired) electrons. The Bertz CT molecular complexity index is 782. The highest BCUT2D eigenvalue weighted by Crippen LogP contribution is 2.23. The number of ether oxygens (including phenoxy) is 1. The maximum Gasteiger partial charge on any atom is 0.256 e. The molecule has 0 aliphatic heterocycles. The van der Waals surface area contributed by atoms with Gasteiger partial charge < -0.3 is 14.5 Å². The fourth-order valence-corrected chi connectivity index (χ4v) is 2.94. The molecule has 0 atom stereocenters. The molecular weight excluding hydrogens is 324 g/mol. The number of oxazole rings is 1. The number of rotatable bonds is 7. The molecule has 1 N–H and O–H groups in total. The normalized spacial score (nSPS) is 10.7.